The number of carbonyl (C=O) groups is 1. The van der Waals surface area contributed by atoms with Crippen LogP contribution in [0.3, 0.4) is 0 Å². The lowest BCUT2D eigenvalue weighted by atomic mass is 10.1. The molecule has 0 spiro atoms. The number of aliphatic hydroxyl groups is 1. The smallest absolute Gasteiger partial charge is 0.264 e. The first-order valence-corrected chi connectivity index (χ1v) is 6.92. The lowest BCUT2D eigenvalue weighted by molar-refractivity contribution is -0.137. The molecule has 4 nitrogen and oxygen atoms in total. The first-order valence-electron chi connectivity index (χ1n) is 6.92. The van der Waals surface area contributed by atoms with E-state index in [0.717, 1.165) is 37.2 Å². The second kappa shape index (κ2) is 5.21. The molecule has 1 amide bonds. The van der Waals surface area contributed by atoms with Gasteiger partial charge in [0, 0.05) is 26.1 Å². The molecule has 0 aliphatic carbocycles. The van der Waals surface area contributed by atoms with Crippen LogP contribution in [0.15, 0.2) is 24.3 Å². The van der Waals surface area contributed by atoms with Crippen molar-refractivity contribution < 1.29 is 14.6 Å². The number of carbonyl (C=O) groups excluding carboxylic acids is 1. The highest BCUT2D eigenvalue weighted by Crippen LogP contribution is 2.30. The maximum absolute atomic E-state index is 12.4. The maximum atomic E-state index is 12.4. The molecular formula is C15H19NO3. The van der Waals surface area contributed by atoms with Crippen molar-refractivity contribution in [1.82, 2.24) is 4.90 Å². The van der Waals surface area contributed by atoms with Gasteiger partial charge in [-0.05, 0) is 30.4 Å². The highest BCUT2D eigenvalue weighted by molar-refractivity contribution is 5.82. The average Bonchev–Trinajstić information content (AvgIpc) is 3.04. The number of hydrogen-bond donors (Lipinski definition) is 1. The molecule has 4 heteroatoms. The van der Waals surface area contributed by atoms with Gasteiger partial charge in [0.2, 0.25) is 0 Å². The normalized spacial score (nSPS) is 25.2. The van der Waals surface area contributed by atoms with Crippen LogP contribution in [0, 0.1) is 5.92 Å². The number of para-hydroxylation sites is 1. The topological polar surface area (TPSA) is 49.8 Å². The molecule has 19 heavy (non-hydrogen) atoms. The van der Waals surface area contributed by atoms with E-state index in [9.17, 15) is 4.79 Å². The molecule has 1 aromatic carbocycles. The number of likely N-dealkylation sites (tertiary alicyclic amines) is 1. The van der Waals surface area contributed by atoms with Crippen LogP contribution < -0.4 is 4.74 Å². The van der Waals surface area contributed by atoms with Crippen molar-refractivity contribution in [2.45, 2.75) is 25.4 Å². The Bertz CT molecular complexity index is 449. The average molecular weight is 261 g/mol. The number of amides is 1. The second-order valence-corrected chi connectivity index (χ2v) is 5.37. The van der Waals surface area contributed by atoms with Crippen molar-refractivity contribution in [3.05, 3.63) is 29.8 Å². The number of rotatable bonds is 3. The van der Waals surface area contributed by atoms with Gasteiger partial charge in [0.05, 0.1) is 0 Å². The molecule has 0 aromatic heterocycles. The van der Waals surface area contributed by atoms with Crippen LogP contribution in [0.25, 0.3) is 0 Å². The Hall–Kier alpha value is -1.55. The van der Waals surface area contributed by atoms with Crippen LogP contribution in [0.1, 0.15) is 18.4 Å². The van der Waals surface area contributed by atoms with E-state index < -0.39 is 0 Å². The monoisotopic (exact) mass is 261 g/mol. The molecule has 1 N–H and O–H groups in total. The van der Waals surface area contributed by atoms with Crippen LogP contribution in [0.2, 0.25) is 0 Å². The molecule has 3 rings (SSSR count). The predicted octanol–water partition coefficient (Wildman–Crippen LogP) is 1.22. The minimum atomic E-state index is -0.356. The molecule has 2 atom stereocenters. The fraction of sp³-hybridized carbons (Fsp3) is 0.533. The Morgan fingerprint density at radius 2 is 2.26 bits per heavy atom. The second-order valence-electron chi connectivity index (χ2n) is 5.37. The van der Waals surface area contributed by atoms with Crippen LogP contribution in [-0.4, -0.2) is 41.7 Å². The molecule has 2 aliphatic rings. The highest BCUT2D eigenvalue weighted by atomic mass is 16.5. The molecule has 2 aliphatic heterocycles. The fourth-order valence-corrected chi connectivity index (χ4v) is 2.97. The summed E-state index contributed by atoms with van der Waals surface area (Å²) in [4.78, 5) is 14.3. The van der Waals surface area contributed by atoms with E-state index in [4.69, 9.17) is 9.84 Å². The SMILES string of the molecule is O=C(C1Cc2ccccc2O1)N1CCC(CCO)C1. The Morgan fingerprint density at radius 1 is 1.42 bits per heavy atom. The van der Waals surface area contributed by atoms with Gasteiger partial charge >= 0.3 is 0 Å². The number of hydrogen-bond acceptors (Lipinski definition) is 3. The lowest BCUT2D eigenvalue weighted by Gasteiger charge is -2.20. The number of ether oxygens (including phenoxy) is 1. The van der Waals surface area contributed by atoms with E-state index in [0.29, 0.717) is 12.3 Å². The van der Waals surface area contributed by atoms with Crippen LogP contribution in [-0.2, 0) is 11.2 Å². The summed E-state index contributed by atoms with van der Waals surface area (Å²) in [6, 6.07) is 7.84. The van der Waals surface area contributed by atoms with Crippen molar-refractivity contribution >= 4 is 5.91 Å². The van der Waals surface area contributed by atoms with Gasteiger partial charge in [-0.2, -0.15) is 0 Å². The van der Waals surface area contributed by atoms with Gasteiger partial charge in [0.1, 0.15) is 5.75 Å². The summed E-state index contributed by atoms with van der Waals surface area (Å²) >= 11 is 0. The fourth-order valence-electron chi connectivity index (χ4n) is 2.97. The molecule has 1 fully saturated rings. The van der Waals surface area contributed by atoms with Gasteiger partial charge in [0.15, 0.2) is 6.10 Å². The quantitative estimate of drug-likeness (QED) is 0.890. The minimum absolute atomic E-state index is 0.0941. The lowest BCUT2D eigenvalue weighted by Crippen LogP contribution is -2.40. The third-order valence-corrected chi connectivity index (χ3v) is 4.06. The number of nitrogens with zero attached hydrogens (tertiary/aromatic N) is 1. The van der Waals surface area contributed by atoms with Gasteiger partial charge in [-0.25, -0.2) is 0 Å². The first-order chi connectivity index (χ1) is 9.28. The van der Waals surface area contributed by atoms with Crippen molar-refractivity contribution in [2.24, 2.45) is 5.92 Å². The third kappa shape index (κ3) is 2.45. The van der Waals surface area contributed by atoms with E-state index in [1.54, 1.807) is 0 Å². The molecule has 2 heterocycles. The predicted molar refractivity (Wildman–Crippen MR) is 71.0 cm³/mol. The molecule has 0 saturated carbocycles. The summed E-state index contributed by atoms with van der Waals surface area (Å²) in [6.07, 6.45) is 2.10. The standard InChI is InChI=1S/C15H19NO3/c17-8-6-11-5-7-16(10-11)15(18)14-9-12-3-1-2-4-13(12)19-14/h1-4,11,14,17H,5-10H2. The number of aliphatic hydroxyl groups excluding tert-OH is 1. The van der Waals surface area contributed by atoms with Crippen molar-refractivity contribution in [2.75, 3.05) is 19.7 Å². The van der Waals surface area contributed by atoms with E-state index in [1.807, 2.05) is 29.2 Å². The zero-order chi connectivity index (χ0) is 13.2. The largest absolute Gasteiger partial charge is 0.480 e. The number of fused-ring (bicyclic) bond motifs is 1. The Labute approximate surface area is 113 Å². The summed E-state index contributed by atoms with van der Waals surface area (Å²) in [6.45, 7) is 1.76. The summed E-state index contributed by atoms with van der Waals surface area (Å²) < 4.78 is 5.74. The molecule has 1 aromatic rings. The van der Waals surface area contributed by atoms with Gasteiger partial charge in [-0.3, -0.25) is 4.79 Å². The number of benzene rings is 1. The zero-order valence-corrected chi connectivity index (χ0v) is 10.9. The van der Waals surface area contributed by atoms with E-state index >= 15 is 0 Å². The summed E-state index contributed by atoms with van der Waals surface area (Å²) in [7, 11) is 0. The first kappa shape index (κ1) is 12.5. The van der Waals surface area contributed by atoms with E-state index in [1.165, 1.54) is 0 Å². The Balaban J connectivity index is 1.61. The molecule has 0 bridgehead atoms. The van der Waals surface area contributed by atoms with Crippen LogP contribution >= 0.6 is 0 Å². The third-order valence-electron chi connectivity index (χ3n) is 4.06. The maximum Gasteiger partial charge on any atom is 0.264 e. The Morgan fingerprint density at radius 3 is 3.05 bits per heavy atom. The van der Waals surface area contributed by atoms with Crippen molar-refractivity contribution in [1.29, 1.82) is 0 Å². The molecule has 1 saturated heterocycles. The van der Waals surface area contributed by atoms with Crippen molar-refractivity contribution in [3.63, 3.8) is 0 Å². The van der Waals surface area contributed by atoms with Crippen molar-refractivity contribution in [3.8, 4) is 5.75 Å². The van der Waals surface area contributed by atoms with Gasteiger partial charge in [0.25, 0.3) is 5.91 Å². The van der Waals surface area contributed by atoms with Crippen LogP contribution in [0.5, 0.6) is 5.75 Å². The van der Waals surface area contributed by atoms with Gasteiger partial charge in [-0.15, -0.1) is 0 Å². The summed E-state index contributed by atoms with van der Waals surface area (Å²) in [5.41, 5.74) is 1.12. The van der Waals surface area contributed by atoms with E-state index in [2.05, 4.69) is 0 Å². The Kier molecular flexibility index (Phi) is 3.42. The summed E-state index contributed by atoms with van der Waals surface area (Å²) in [5.74, 6) is 1.38. The molecule has 102 valence electrons. The molecular weight excluding hydrogens is 242 g/mol. The highest BCUT2D eigenvalue weighted by Gasteiger charge is 2.35. The van der Waals surface area contributed by atoms with Gasteiger partial charge < -0.3 is 14.7 Å². The summed E-state index contributed by atoms with van der Waals surface area (Å²) in [5, 5.41) is 8.95. The zero-order valence-electron chi connectivity index (χ0n) is 10.9. The van der Waals surface area contributed by atoms with Gasteiger partial charge in [-0.1, -0.05) is 18.2 Å². The van der Waals surface area contributed by atoms with E-state index in [-0.39, 0.29) is 18.6 Å². The minimum Gasteiger partial charge on any atom is -0.480 e. The molecule has 0 radical (unpaired) electrons. The van der Waals surface area contributed by atoms with Crippen LogP contribution in [0.4, 0.5) is 0 Å². The molecule has 2 unspecified atom stereocenters.